The lowest BCUT2D eigenvalue weighted by atomic mass is 9.82. The molecule has 0 bridgehead atoms. The number of carbonyl (C=O) groups is 2. The lowest BCUT2D eigenvalue weighted by Crippen LogP contribution is -2.65. The van der Waals surface area contributed by atoms with E-state index in [0.717, 1.165) is 23.8 Å². The molecule has 3 aliphatic rings. The van der Waals surface area contributed by atoms with Crippen LogP contribution >= 0.6 is 11.6 Å². The van der Waals surface area contributed by atoms with E-state index in [1.165, 1.54) is 10.8 Å². The van der Waals surface area contributed by atoms with Crippen LogP contribution in [0.1, 0.15) is 53.0 Å². The molecule has 3 aliphatic heterocycles. The summed E-state index contributed by atoms with van der Waals surface area (Å²) in [6, 6.07) is 2.54. The molecule has 0 aliphatic carbocycles. The van der Waals surface area contributed by atoms with E-state index >= 15 is 0 Å². The number of nitrogens with one attached hydrogen (secondary N) is 1. The highest BCUT2D eigenvalue weighted by atomic mass is 35.5. The molecule has 0 spiro atoms. The molecular formula is C33H33ClF3N9O5. The van der Waals surface area contributed by atoms with Gasteiger partial charge in [-0.3, -0.25) is 14.4 Å². The van der Waals surface area contributed by atoms with E-state index in [2.05, 4.69) is 25.4 Å². The number of halogens is 4. The van der Waals surface area contributed by atoms with Crippen molar-refractivity contribution in [2.75, 3.05) is 43.1 Å². The molecule has 4 aromatic rings. The number of hydrogen-bond acceptors (Lipinski definition) is 10. The van der Waals surface area contributed by atoms with Gasteiger partial charge in [0.2, 0.25) is 11.7 Å². The summed E-state index contributed by atoms with van der Waals surface area (Å²) >= 11 is 6.13. The summed E-state index contributed by atoms with van der Waals surface area (Å²) in [4.78, 5) is 57.3. The quantitative estimate of drug-likeness (QED) is 0.287. The van der Waals surface area contributed by atoms with Gasteiger partial charge in [0.05, 0.1) is 40.9 Å². The van der Waals surface area contributed by atoms with Crippen molar-refractivity contribution < 1.29 is 32.6 Å². The van der Waals surface area contributed by atoms with Crippen molar-refractivity contribution in [1.29, 1.82) is 0 Å². The van der Waals surface area contributed by atoms with Crippen LogP contribution in [-0.4, -0.2) is 89.8 Å². The number of anilines is 2. The number of hydrogen-bond donors (Lipinski definition) is 2. The number of aromatic hydroxyl groups is 1. The fraction of sp³-hybridized carbons (Fsp3) is 0.424. The minimum atomic E-state index is -4.61. The average Bonchev–Trinajstić information content (AvgIpc) is 3.55. The highest BCUT2D eigenvalue weighted by Gasteiger charge is 2.47. The molecule has 2 fully saturated rings. The van der Waals surface area contributed by atoms with E-state index in [1.54, 1.807) is 16.4 Å². The highest BCUT2D eigenvalue weighted by molar-refractivity contribution is 6.33. The summed E-state index contributed by atoms with van der Waals surface area (Å²) in [6.45, 7) is 5.15. The summed E-state index contributed by atoms with van der Waals surface area (Å²) in [5, 5.41) is 17.3. The van der Waals surface area contributed by atoms with Gasteiger partial charge in [-0.2, -0.15) is 22.7 Å². The fourth-order valence-corrected chi connectivity index (χ4v) is 7.21. The summed E-state index contributed by atoms with van der Waals surface area (Å²) < 4.78 is 47.8. The molecular weight excluding hydrogens is 695 g/mol. The molecule has 0 saturated carbocycles. The maximum absolute atomic E-state index is 14.3. The molecule has 7 rings (SSSR count). The van der Waals surface area contributed by atoms with Gasteiger partial charge >= 0.3 is 6.18 Å². The Morgan fingerprint density at radius 2 is 2.00 bits per heavy atom. The third-order valence-corrected chi connectivity index (χ3v) is 9.91. The second-order valence-electron chi connectivity index (χ2n) is 12.7. The number of carbonyl (C=O) groups excluding carboxylic acids is 2. The number of rotatable bonds is 7. The summed E-state index contributed by atoms with van der Waals surface area (Å²) in [7, 11) is 0. The normalized spacial score (nSPS) is 19.1. The largest absolute Gasteiger partial charge is 0.504 e. The van der Waals surface area contributed by atoms with Crippen molar-refractivity contribution in [2.24, 2.45) is 5.92 Å². The molecule has 14 nitrogen and oxygen atoms in total. The summed E-state index contributed by atoms with van der Waals surface area (Å²) in [6.07, 6.45) is -0.138. The zero-order chi connectivity index (χ0) is 36.2. The van der Waals surface area contributed by atoms with Crippen molar-refractivity contribution in [2.45, 2.75) is 51.9 Å². The number of ether oxygens (including phenoxy) is 1. The minimum absolute atomic E-state index is 0.00359. The molecule has 18 heteroatoms. The molecule has 0 radical (unpaired) electrons. The number of benzene rings is 1. The molecule has 3 aromatic heterocycles. The van der Waals surface area contributed by atoms with Crippen molar-refractivity contribution >= 4 is 46.1 Å². The molecule has 51 heavy (non-hydrogen) atoms. The van der Waals surface area contributed by atoms with Gasteiger partial charge in [0, 0.05) is 31.6 Å². The van der Waals surface area contributed by atoms with E-state index < -0.39 is 23.2 Å². The molecule has 6 heterocycles. The number of piperidine rings is 1. The van der Waals surface area contributed by atoms with E-state index in [4.69, 9.17) is 16.3 Å². The predicted molar refractivity (Wildman–Crippen MR) is 179 cm³/mol. The van der Waals surface area contributed by atoms with Crippen molar-refractivity contribution in [1.82, 2.24) is 34.0 Å². The Kier molecular flexibility index (Phi) is 8.95. The number of fused-ring (bicyclic) bond motifs is 2. The van der Waals surface area contributed by atoms with Crippen molar-refractivity contribution in [3.63, 3.8) is 0 Å². The second kappa shape index (κ2) is 13.3. The first-order valence-electron chi connectivity index (χ1n) is 16.4. The number of amides is 2. The molecule has 2 atom stereocenters. The van der Waals surface area contributed by atoms with Crippen LogP contribution < -0.4 is 15.8 Å². The summed E-state index contributed by atoms with van der Waals surface area (Å²) in [5.74, 6) is -0.769. The van der Waals surface area contributed by atoms with Crippen LogP contribution in [0.4, 0.5) is 24.5 Å². The Morgan fingerprint density at radius 1 is 1.20 bits per heavy atom. The number of aromatic nitrogens is 6. The average molecular weight is 728 g/mol. The predicted octanol–water partition coefficient (Wildman–Crippen LogP) is 3.72. The molecule has 268 valence electrons. The number of alkyl halides is 3. The summed E-state index contributed by atoms with van der Waals surface area (Å²) in [5.41, 5.74) is 0.541. The maximum Gasteiger partial charge on any atom is 0.416 e. The molecule has 0 unspecified atom stereocenters. The standard InChI is InChI=1S/C33H33ClF3N9O5/c1-3-23-27(43-9-6-24-19(13-43)14-44(24)30(49)26-28(48)17(2)38-16-39-26)31(50)46-32(41-29(42-46)18-7-10-51-11-8-18)45(23)15-25(47)40-22-5-4-20(12-21(22)34)33(35,36)37/h4-5,7,12,16,19,24,48H,3,6,8-11,13-15H2,1-2H3,(H,40,47)/t19-,24-/m1/s1. The van der Waals surface area contributed by atoms with Gasteiger partial charge in [0.15, 0.2) is 17.3 Å². The Bertz CT molecular complexity index is 2150. The fourth-order valence-electron chi connectivity index (χ4n) is 6.98. The molecule has 2 amide bonds. The first-order chi connectivity index (χ1) is 24.3. The number of likely N-dealkylation sites (tertiary alicyclic amines) is 1. The first-order valence-corrected chi connectivity index (χ1v) is 16.8. The van der Waals surface area contributed by atoms with Gasteiger partial charge < -0.3 is 29.5 Å². The van der Waals surface area contributed by atoms with Crippen LogP contribution in [0.15, 0.2) is 35.4 Å². The van der Waals surface area contributed by atoms with Crippen molar-refractivity contribution in [3.05, 3.63) is 74.4 Å². The van der Waals surface area contributed by atoms with Gasteiger partial charge in [0.25, 0.3) is 11.5 Å². The lowest BCUT2D eigenvalue weighted by molar-refractivity contribution is -0.137. The monoisotopic (exact) mass is 727 g/mol. The Morgan fingerprint density at radius 3 is 2.69 bits per heavy atom. The van der Waals surface area contributed by atoms with Crippen LogP contribution in [0.25, 0.3) is 11.4 Å². The van der Waals surface area contributed by atoms with Crippen LogP contribution in [-0.2, 0) is 28.7 Å². The van der Waals surface area contributed by atoms with Gasteiger partial charge in [-0.1, -0.05) is 24.6 Å². The molecule has 2 saturated heterocycles. The first kappa shape index (κ1) is 34.4. The minimum Gasteiger partial charge on any atom is -0.504 e. The van der Waals surface area contributed by atoms with Gasteiger partial charge in [-0.15, -0.1) is 5.10 Å². The van der Waals surface area contributed by atoms with E-state index in [9.17, 15) is 32.7 Å². The smallest absolute Gasteiger partial charge is 0.416 e. The SMILES string of the molecule is CCc1c(N2CC[C@@H]3[C@H](C2)CN3C(=O)c2ncnc(C)c2O)c(=O)n2nc(C3=CCOCC3)nc2n1CC(=O)Nc1ccc(C(F)(F)F)cc1Cl. The van der Waals surface area contributed by atoms with Crippen LogP contribution in [0.3, 0.4) is 0 Å². The number of aryl methyl sites for hydroxylation is 1. The van der Waals surface area contributed by atoms with E-state index in [0.29, 0.717) is 75.0 Å². The van der Waals surface area contributed by atoms with Gasteiger partial charge in [0.1, 0.15) is 18.6 Å². The zero-order valence-electron chi connectivity index (χ0n) is 27.6. The van der Waals surface area contributed by atoms with Crippen LogP contribution in [0.2, 0.25) is 5.02 Å². The third-order valence-electron chi connectivity index (χ3n) is 9.59. The molecule has 2 N–H and O–H groups in total. The van der Waals surface area contributed by atoms with Gasteiger partial charge in [-0.05, 0) is 50.0 Å². The topological polar surface area (TPSA) is 160 Å². The third kappa shape index (κ3) is 6.28. The number of nitrogens with zero attached hydrogens (tertiary/aromatic N) is 8. The van der Waals surface area contributed by atoms with Crippen molar-refractivity contribution in [3.8, 4) is 5.75 Å². The van der Waals surface area contributed by atoms with E-state index in [-0.39, 0.29) is 52.3 Å². The molecule has 1 aromatic carbocycles. The highest BCUT2D eigenvalue weighted by Crippen LogP contribution is 2.37. The lowest BCUT2D eigenvalue weighted by Gasteiger charge is -2.53. The zero-order valence-corrected chi connectivity index (χ0v) is 28.3. The Hall–Kier alpha value is -5.03. The Labute approximate surface area is 293 Å². The Balaban J connectivity index is 1.21. The van der Waals surface area contributed by atoms with Gasteiger partial charge in [-0.25, -0.2) is 9.97 Å². The van der Waals surface area contributed by atoms with Crippen LogP contribution in [0, 0.1) is 12.8 Å². The van der Waals surface area contributed by atoms with E-state index in [1.807, 2.05) is 17.9 Å². The second-order valence-corrected chi connectivity index (χ2v) is 13.1. The maximum atomic E-state index is 14.3. The van der Waals surface area contributed by atoms with Crippen LogP contribution in [0.5, 0.6) is 5.75 Å².